The number of nitrogens with zero attached hydrogens (tertiary/aromatic N) is 2. The maximum atomic E-state index is 13.0. The topological polar surface area (TPSA) is 72.9 Å². The largest absolute Gasteiger partial charge is 0.395 e. The molecule has 0 spiro atoms. The van der Waals surface area contributed by atoms with Gasteiger partial charge in [-0.15, -0.1) is 6.58 Å². The van der Waals surface area contributed by atoms with Crippen LogP contribution in [-0.4, -0.2) is 65.5 Å². The summed E-state index contributed by atoms with van der Waals surface area (Å²) in [5, 5.41) is 12.0. The molecule has 0 saturated carbocycles. The molecule has 2 N–H and O–H groups in total. The summed E-state index contributed by atoms with van der Waals surface area (Å²) in [5.41, 5.74) is 0.744. The first kappa shape index (κ1) is 19.1. The Bertz CT molecular complexity index is 606. The van der Waals surface area contributed by atoms with E-state index < -0.39 is 11.8 Å². The van der Waals surface area contributed by atoms with Gasteiger partial charge in [0.1, 0.15) is 5.82 Å². The highest BCUT2D eigenvalue weighted by molar-refractivity contribution is 6.35. The molecule has 0 bridgehead atoms. The summed E-state index contributed by atoms with van der Waals surface area (Å²) < 4.78 is 13.0. The SMILES string of the molecule is C=CCN(Cc1ccc(F)cc1)C(=O)C(=O)N1CCC(NCCO)C1. The molecule has 0 radical (unpaired) electrons. The first-order valence-corrected chi connectivity index (χ1v) is 8.33. The van der Waals surface area contributed by atoms with E-state index in [1.165, 1.54) is 21.9 Å². The zero-order valence-electron chi connectivity index (χ0n) is 14.2. The Morgan fingerprint density at radius 2 is 2.12 bits per heavy atom. The van der Waals surface area contributed by atoms with Gasteiger partial charge in [-0.25, -0.2) is 4.39 Å². The second kappa shape index (κ2) is 9.29. The molecule has 1 atom stereocenters. The first-order chi connectivity index (χ1) is 12.0. The number of aliphatic hydroxyl groups excluding tert-OH is 1. The molecule has 1 aromatic carbocycles. The van der Waals surface area contributed by atoms with Crippen molar-refractivity contribution in [2.24, 2.45) is 0 Å². The summed E-state index contributed by atoms with van der Waals surface area (Å²) in [6, 6.07) is 5.92. The average molecular weight is 349 g/mol. The van der Waals surface area contributed by atoms with Gasteiger partial charge in [0.05, 0.1) is 6.61 Å². The summed E-state index contributed by atoms with van der Waals surface area (Å²) >= 11 is 0. The molecule has 0 aliphatic carbocycles. The Kier molecular flexibility index (Phi) is 7.09. The van der Waals surface area contributed by atoms with Gasteiger partial charge in [-0.1, -0.05) is 18.2 Å². The minimum atomic E-state index is -0.591. The Morgan fingerprint density at radius 1 is 1.40 bits per heavy atom. The Balaban J connectivity index is 1.97. The minimum Gasteiger partial charge on any atom is -0.395 e. The smallest absolute Gasteiger partial charge is 0.312 e. The number of likely N-dealkylation sites (tertiary alicyclic amines) is 1. The minimum absolute atomic E-state index is 0.0359. The number of rotatable bonds is 7. The second-order valence-corrected chi connectivity index (χ2v) is 6.02. The van der Waals surface area contributed by atoms with Crippen molar-refractivity contribution in [2.45, 2.75) is 19.0 Å². The van der Waals surface area contributed by atoms with Gasteiger partial charge in [0.25, 0.3) is 0 Å². The van der Waals surface area contributed by atoms with Crippen LogP contribution in [0.3, 0.4) is 0 Å². The van der Waals surface area contributed by atoms with Crippen LogP contribution in [0, 0.1) is 5.82 Å². The Hall–Kier alpha value is -2.25. The van der Waals surface area contributed by atoms with Gasteiger partial charge in [0, 0.05) is 38.8 Å². The highest BCUT2D eigenvalue weighted by atomic mass is 19.1. The van der Waals surface area contributed by atoms with Crippen LogP contribution in [0.15, 0.2) is 36.9 Å². The molecule has 1 unspecified atom stereocenters. The van der Waals surface area contributed by atoms with E-state index >= 15 is 0 Å². The standard InChI is InChI=1S/C18H24FN3O3/c1-2-9-21(12-14-3-5-15(19)6-4-14)17(24)18(25)22-10-7-16(13-22)20-8-11-23/h2-6,16,20,23H,1,7-13H2. The molecule has 2 amide bonds. The van der Waals surface area contributed by atoms with Crippen LogP contribution in [0.25, 0.3) is 0 Å². The van der Waals surface area contributed by atoms with Gasteiger partial charge >= 0.3 is 11.8 Å². The number of hydrogen-bond donors (Lipinski definition) is 2. The van der Waals surface area contributed by atoms with Gasteiger partial charge in [0.2, 0.25) is 0 Å². The van der Waals surface area contributed by atoms with Gasteiger partial charge in [-0.3, -0.25) is 9.59 Å². The van der Waals surface area contributed by atoms with Crippen LogP contribution in [0.1, 0.15) is 12.0 Å². The molecule has 6 nitrogen and oxygen atoms in total. The fraction of sp³-hybridized carbons (Fsp3) is 0.444. The number of hydrogen-bond acceptors (Lipinski definition) is 4. The molecule has 0 aromatic heterocycles. The predicted molar refractivity (Wildman–Crippen MR) is 92.1 cm³/mol. The summed E-state index contributed by atoms with van der Waals surface area (Å²) in [5.74, 6) is -1.48. The zero-order valence-corrected chi connectivity index (χ0v) is 14.2. The molecule has 7 heteroatoms. The number of amides is 2. The molecule has 1 aliphatic heterocycles. The van der Waals surface area contributed by atoms with Gasteiger partial charge in [-0.2, -0.15) is 0 Å². The lowest BCUT2D eigenvalue weighted by Gasteiger charge is -2.24. The number of halogens is 1. The third-order valence-electron chi connectivity index (χ3n) is 4.13. The van der Waals surface area contributed by atoms with E-state index in [0.29, 0.717) is 19.6 Å². The molecule has 1 saturated heterocycles. The van der Waals surface area contributed by atoms with Crippen LogP contribution in [0.5, 0.6) is 0 Å². The highest BCUT2D eigenvalue weighted by Crippen LogP contribution is 2.12. The molecule has 1 aliphatic rings. The van der Waals surface area contributed by atoms with E-state index in [0.717, 1.165) is 12.0 Å². The summed E-state index contributed by atoms with van der Waals surface area (Å²) in [6.07, 6.45) is 2.31. The van der Waals surface area contributed by atoms with Crippen molar-refractivity contribution in [3.63, 3.8) is 0 Å². The lowest BCUT2D eigenvalue weighted by Crippen LogP contribution is -2.45. The molecule has 1 heterocycles. The Morgan fingerprint density at radius 3 is 2.76 bits per heavy atom. The van der Waals surface area contributed by atoms with E-state index in [1.54, 1.807) is 18.2 Å². The van der Waals surface area contributed by atoms with Crippen molar-refractivity contribution in [1.82, 2.24) is 15.1 Å². The highest BCUT2D eigenvalue weighted by Gasteiger charge is 2.32. The van der Waals surface area contributed by atoms with Crippen molar-refractivity contribution >= 4 is 11.8 Å². The number of carbonyl (C=O) groups is 2. The van der Waals surface area contributed by atoms with Crippen molar-refractivity contribution in [1.29, 1.82) is 0 Å². The number of benzene rings is 1. The number of nitrogens with one attached hydrogen (secondary N) is 1. The first-order valence-electron chi connectivity index (χ1n) is 8.33. The molecule has 1 fully saturated rings. The summed E-state index contributed by atoms with van der Waals surface area (Å²) in [7, 11) is 0. The van der Waals surface area contributed by atoms with Crippen LogP contribution in [0.4, 0.5) is 4.39 Å². The second-order valence-electron chi connectivity index (χ2n) is 6.02. The van der Waals surface area contributed by atoms with Crippen LogP contribution in [-0.2, 0) is 16.1 Å². The third-order valence-corrected chi connectivity index (χ3v) is 4.13. The zero-order chi connectivity index (χ0) is 18.2. The normalized spacial score (nSPS) is 16.7. The van der Waals surface area contributed by atoms with Gasteiger partial charge in [0.15, 0.2) is 0 Å². The summed E-state index contributed by atoms with van der Waals surface area (Å²) in [4.78, 5) is 28.0. The summed E-state index contributed by atoms with van der Waals surface area (Å²) in [6.45, 7) is 5.54. The monoisotopic (exact) mass is 349 g/mol. The predicted octanol–water partition coefficient (Wildman–Crippen LogP) is 0.523. The maximum absolute atomic E-state index is 13.0. The van der Waals surface area contributed by atoms with Gasteiger partial charge < -0.3 is 20.2 Å². The molecular formula is C18H24FN3O3. The fourth-order valence-electron chi connectivity index (χ4n) is 2.84. The number of aliphatic hydroxyl groups is 1. The molecule has 2 rings (SSSR count). The van der Waals surface area contributed by atoms with Crippen molar-refractivity contribution in [2.75, 3.05) is 32.8 Å². The third kappa shape index (κ3) is 5.37. The average Bonchev–Trinajstić information content (AvgIpc) is 3.09. The lowest BCUT2D eigenvalue weighted by molar-refractivity contribution is -0.151. The van der Waals surface area contributed by atoms with Crippen LogP contribution in [0.2, 0.25) is 0 Å². The van der Waals surface area contributed by atoms with E-state index in [-0.39, 0.29) is 31.6 Å². The Labute approximate surface area is 146 Å². The van der Waals surface area contributed by atoms with Crippen molar-refractivity contribution in [3.8, 4) is 0 Å². The fourth-order valence-corrected chi connectivity index (χ4v) is 2.84. The maximum Gasteiger partial charge on any atom is 0.312 e. The van der Waals surface area contributed by atoms with Crippen molar-refractivity contribution < 1.29 is 19.1 Å². The van der Waals surface area contributed by atoms with E-state index in [9.17, 15) is 14.0 Å². The lowest BCUT2D eigenvalue weighted by atomic mass is 10.2. The van der Waals surface area contributed by atoms with E-state index in [2.05, 4.69) is 11.9 Å². The van der Waals surface area contributed by atoms with Gasteiger partial charge in [-0.05, 0) is 24.1 Å². The molecule has 136 valence electrons. The molecule has 1 aromatic rings. The number of carbonyl (C=O) groups excluding carboxylic acids is 2. The molecule has 25 heavy (non-hydrogen) atoms. The van der Waals surface area contributed by atoms with Crippen LogP contribution < -0.4 is 5.32 Å². The van der Waals surface area contributed by atoms with E-state index in [4.69, 9.17) is 5.11 Å². The van der Waals surface area contributed by atoms with Crippen LogP contribution >= 0.6 is 0 Å². The quantitative estimate of drug-likeness (QED) is 0.556. The van der Waals surface area contributed by atoms with E-state index in [1.807, 2.05) is 0 Å². The molecular weight excluding hydrogens is 325 g/mol. The van der Waals surface area contributed by atoms with Crippen molar-refractivity contribution in [3.05, 3.63) is 48.3 Å².